The van der Waals surface area contributed by atoms with Crippen LogP contribution in [-0.4, -0.2) is 19.6 Å². The van der Waals surface area contributed by atoms with E-state index in [0.29, 0.717) is 18.7 Å². The minimum absolute atomic E-state index is 0.322. The molecule has 0 unspecified atom stereocenters. The van der Waals surface area contributed by atoms with E-state index in [1.54, 1.807) is 31.4 Å². The van der Waals surface area contributed by atoms with Crippen LogP contribution in [0.3, 0.4) is 0 Å². The molecule has 2 aromatic carbocycles. The Balaban J connectivity index is 1.98. The van der Waals surface area contributed by atoms with Crippen LogP contribution < -0.4 is 14.8 Å². The number of anilines is 1. The van der Waals surface area contributed by atoms with Crippen molar-refractivity contribution in [3.8, 4) is 17.6 Å². The van der Waals surface area contributed by atoms with Gasteiger partial charge in [-0.2, -0.15) is 5.26 Å². The normalized spacial score (nSPS) is 11.2. The first-order valence-corrected chi connectivity index (χ1v) is 7.72. The highest BCUT2D eigenvalue weighted by atomic mass is 16.5. The molecule has 0 saturated carbocycles. The van der Waals surface area contributed by atoms with Crippen molar-refractivity contribution in [2.24, 2.45) is 5.92 Å². The number of amides is 1. The first-order chi connectivity index (χ1) is 11.7. The second-order valence-corrected chi connectivity index (χ2v) is 5.18. The van der Waals surface area contributed by atoms with Gasteiger partial charge in [0.15, 0.2) is 0 Å². The standard InChI is InChI=1S/C19H20N2O3/c1-3-24-18-10-6-16(7-11-18)21-19(22)15(13-20)12-14-4-8-17(23-2)9-5-14/h4-11,15H,3,12H2,1-2H3,(H,21,22)/t15-/m1/s1. The van der Waals surface area contributed by atoms with Crippen LogP contribution in [-0.2, 0) is 11.2 Å². The minimum Gasteiger partial charge on any atom is -0.497 e. The second kappa shape index (κ2) is 8.59. The number of nitriles is 1. The number of benzene rings is 2. The van der Waals surface area contributed by atoms with E-state index in [1.807, 2.05) is 31.2 Å². The number of hydrogen-bond acceptors (Lipinski definition) is 4. The quantitative estimate of drug-likeness (QED) is 0.847. The monoisotopic (exact) mass is 324 g/mol. The Hall–Kier alpha value is -3.00. The Morgan fingerprint density at radius 1 is 1.12 bits per heavy atom. The zero-order valence-electron chi connectivity index (χ0n) is 13.8. The smallest absolute Gasteiger partial charge is 0.242 e. The number of methoxy groups -OCH3 is 1. The van der Waals surface area contributed by atoms with Gasteiger partial charge in [0.25, 0.3) is 0 Å². The molecule has 1 atom stereocenters. The van der Waals surface area contributed by atoms with Gasteiger partial charge in [-0.3, -0.25) is 4.79 Å². The van der Waals surface area contributed by atoms with Gasteiger partial charge >= 0.3 is 0 Å². The molecule has 0 aliphatic rings. The average Bonchev–Trinajstić information content (AvgIpc) is 2.62. The summed E-state index contributed by atoms with van der Waals surface area (Å²) in [4.78, 5) is 12.3. The number of nitrogens with one attached hydrogen (secondary N) is 1. The fraction of sp³-hybridized carbons (Fsp3) is 0.263. The Labute approximate surface area is 141 Å². The molecule has 5 nitrogen and oxygen atoms in total. The third-order valence-corrected chi connectivity index (χ3v) is 3.50. The van der Waals surface area contributed by atoms with Crippen molar-refractivity contribution in [2.45, 2.75) is 13.3 Å². The number of ether oxygens (including phenoxy) is 2. The fourth-order valence-corrected chi connectivity index (χ4v) is 2.22. The lowest BCUT2D eigenvalue weighted by Crippen LogP contribution is -2.23. The van der Waals surface area contributed by atoms with Crippen molar-refractivity contribution in [1.29, 1.82) is 5.26 Å². The number of rotatable bonds is 7. The first kappa shape index (κ1) is 17.4. The zero-order chi connectivity index (χ0) is 17.4. The molecule has 0 radical (unpaired) electrons. The lowest BCUT2D eigenvalue weighted by molar-refractivity contribution is -0.118. The molecule has 0 spiro atoms. The summed E-state index contributed by atoms with van der Waals surface area (Å²) in [6.45, 7) is 2.50. The van der Waals surface area contributed by atoms with E-state index < -0.39 is 5.92 Å². The Morgan fingerprint density at radius 2 is 1.75 bits per heavy atom. The van der Waals surface area contributed by atoms with Gasteiger partial charge in [-0.1, -0.05) is 12.1 Å². The van der Waals surface area contributed by atoms with Crippen molar-refractivity contribution in [2.75, 3.05) is 19.0 Å². The average molecular weight is 324 g/mol. The first-order valence-electron chi connectivity index (χ1n) is 7.72. The molecule has 124 valence electrons. The van der Waals surface area contributed by atoms with E-state index in [9.17, 15) is 10.1 Å². The van der Waals surface area contributed by atoms with Gasteiger partial charge < -0.3 is 14.8 Å². The number of hydrogen-bond donors (Lipinski definition) is 1. The van der Waals surface area contributed by atoms with Crippen LogP contribution in [0.15, 0.2) is 48.5 Å². The summed E-state index contributed by atoms with van der Waals surface area (Å²) >= 11 is 0. The second-order valence-electron chi connectivity index (χ2n) is 5.18. The predicted molar refractivity (Wildman–Crippen MR) is 92.0 cm³/mol. The van der Waals surface area contributed by atoms with Crippen molar-refractivity contribution in [3.05, 3.63) is 54.1 Å². The van der Waals surface area contributed by atoms with Gasteiger partial charge in [0, 0.05) is 5.69 Å². The lowest BCUT2D eigenvalue weighted by atomic mass is 9.99. The summed E-state index contributed by atoms with van der Waals surface area (Å²) in [5.41, 5.74) is 1.54. The van der Waals surface area contributed by atoms with E-state index in [1.165, 1.54) is 0 Å². The molecule has 2 aromatic rings. The highest BCUT2D eigenvalue weighted by Crippen LogP contribution is 2.18. The summed E-state index contributed by atoms with van der Waals surface area (Å²) in [5, 5.41) is 12.1. The highest BCUT2D eigenvalue weighted by Gasteiger charge is 2.18. The molecule has 0 aliphatic carbocycles. The van der Waals surface area contributed by atoms with E-state index in [-0.39, 0.29) is 5.91 Å². The molecule has 5 heteroatoms. The Bertz CT molecular complexity index is 703. The van der Waals surface area contributed by atoms with Crippen LogP contribution in [0, 0.1) is 17.2 Å². The maximum atomic E-state index is 12.3. The van der Waals surface area contributed by atoms with Crippen LogP contribution >= 0.6 is 0 Å². The van der Waals surface area contributed by atoms with Crippen LogP contribution in [0.2, 0.25) is 0 Å². The van der Waals surface area contributed by atoms with Gasteiger partial charge in [-0.05, 0) is 55.3 Å². The van der Waals surface area contributed by atoms with Crippen LogP contribution in [0.5, 0.6) is 11.5 Å². The summed E-state index contributed by atoms with van der Waals surface area (Å²) in [7, 11) is 1.59. The van der Waals surface area contributed by atoms with E-state index in [4.69, 9.17) is 9.47 Å². The van der Waals surface area contributed by atoms with Crippen molar-refractivity contribution >= 4 is 11.6 Å². The third-order valence-electron chi connectivity index (χ3n) is 3.50. The van der Waals surface area contributed by atoms with Gasteiger partial charge in [-0.25, -0.2) is 0 Å². The highest BCUT2D eigenvalue weighted by molar-refractivity contribution is 5.94. The lowest BCUT2D eigenvalue weighted by Gasteiger charge is -2.11. The molecule has 0 aliphatic heterocycles. The number of carbonyl (C=O) groups excluding carboxylic acids is 1. The third kappa shape index (κ3) is 4.75. The molecular weight excluding hydrogens is 304 g/mol. The van der Waals surface area contributed by atoms with E-state index >= 15 is 0 Å². The minimum atomic E-state index is -0.759. The maximum absolute atomic E-state index is 12.3. The van der Waals surface area contributed by atoms with E-state index in [2.05, 4.69) is 11.4 Å². The Morgan fingerprint density at radius 3 is 2.29 bits per heavy atom. The molecule has 0 heterocycles. The Kier molecular flexibility index (Phi) is 6.21. The topological polar surface area (TPSA) is 71.3 Å². The largest absolute Gasteiger partial charge is 0.497 e. The fourth-order valence-electron chi connectivity index (χ4n) is 2.22. The van der Waals surface area contributed by atoms with Crippen LogP contribution in [0.1, 0.15) is 12.5 Å². The van der Waals surface area contributed by atoms with Crippen LogP contribution in [0.25, 0.3) is 0 Å². The van der Waals surface area contributed by atoms with Gasteiger partial charge in [0.05, 0.1) is 19.8 Å². The summed E-state index contributed by atoms with van der Waals surface area (Å²) in [5.74, 6) is 0.402. The number of nitrogens with zero attached hydrogens (tertiary/aromatic N) is 1. The molecule has 24 heavy (non-hydrogen) atoms. The van der Waals surface area contributed by atoms with Gasteiger partial charge in [-0.15, -0.1) is 0 Å². The molecule has 0 fully saturated rings. The summed E-state index contributed by atoms with van der Waals surface area (Å²) in [6.07, 6.45) is 0.351. The van der Waals surface area contributed by atoms with Crippen LogP contribution in [0.4, 0.5) is 5.69 Å². The molecule has 1 N–H and O–H groups in total. The molecule has 0 aromatic heterocycles. The summed E-state index contributed by atoms with van der Waals surface area (Å²) in [6, 6.07) is 16.5. The molecule has 2 rings (SSSR count). The summed E-state index contributed by atoms with van der Waals surface area (Å²) < 4.78 is 10.5. The SMILES string of the molecule is CCOc1ccc(NC(=O)[C@@H](C#N)Cc2ccc(OC)cc2)cc1. The number of carbonyl (C=O) groups is 1. The van der Waals surface area contributed by atoms with Crippen molar-refractivity contribution in [1.82, 2.24) is 0 Å². The predicted octanol–water partition coefficient (Wildman–Crippen LogP) is 3.41. The molecular formula is C19H20N2O3. The van der Waals surface area contributed by atoms with Crippen molar-refractivity contribution in [3.63, 3.8) is 0 Å². The molecule has 1 amide bonds. The molecule has 0 saturated heterocycles. The van der Waals surface area contributed by atoms with Crippen molar-refractivity contribution < 1.29 is 14.3 Å². The van der Waals surface area contributed by atoms with Gasteiger partial charge in [0.2, 0.25) is 5.91 Å². The molecule has 0 bridgehead atoms. The van der Waals surface area contributed by atoms with E-state index in [0.717, 1.165) is 17.1 Å². The zero-order valence-corrected chi connectivity index (χ0v) is 13.8. The van der Waals surface area contributed by atoms with Gasteiger partial charge in [0.1, 0.15) is 17.4 Å². The maximum Gasteiger partial charge on any atom is 0.242 e.